The summed E-state index contributed by atoms with van der Waals surface area (Å²) in [6.07, 6.45) is 4.47. The van der Waals surface area contributed by atoms with Crippen LogP contribution in [0.4, 0.5) is 5.82 Å². The minimum Gasteiger partial charge on any atom is -0.376 e. The molecule has 0 bridgehead atoms. The van der Waals surface area contributed by atoms with Gasteiger partial charge in [-0.3, -0.25) is 0 Å². The first-order valence-electron chi connectivity index (χ1n) is 6.88. The van der Waals surface area contributed by atoms with Gasteiger partial charge < -0.3 is 14.6 Å². The van der Waals surface area contributed by atoms with Crippen LogP contribution in [-0.4, -0.2) is 33.2 Å². The molecule has 0 radical (unpaired) electrons. The van der Waals surface area contributed by atoms with Crippen molar-refractivity contribution in [3.05, 3.63) is 23.8 Å². The standard InChI is InChI=1S/C14H19N5O/c1-9(2)19-8-16-6-12(19)14-17-11-4-5-20-7-10(11)13(15-3)18-14/h6,8-9H,4-5,7H2,1-3H3,(H,15,17,18). The van der Waals surface area contributed by atoms with Gasteiger partial charge in [0.2, 0.25) is 0 Å². The van der Waals surface area contributed by atoms with Gasteiger partial charge >= 0.3 is 0 Å². The average Bonchev–Trinajstić information content (AvgIpc) is 2.95. The van der Waals surface area contributed by atoms with E-state index < -0.39 is 0 Å². The van der Waals surface area contributed by atoms with Gasteiger partial charge in [0, 0.05) is 25.1 Å². The van der Waals surface area contributed by atoms with Gasteiger partial charge in [-0.25, -0.2) is 15.0 Å². The largest absolute Gasteiger partial charge is 0.376 e. The molecule has 3 rings (SSSR count). The number of nitrogens with zero attached hydrogens (tertiary/aromatic N) is 4. The Bertz CT molecular complexity index is 603. The maximum absolute atomic E-state index is 5.49. The molecule has 6 heteroatoms. The first-order chi connectivity index (χ1) is 9.70. The summed E-state index contributed by atoms with van der Waals surface area (Å²) < 4.78 is 7.58. The van der Waals surface area contributed by atoms with Gasteiger partial charge in [0.15, 0.2) is 5.82 Å². The molecule has 3 heterocycles. The molecule has 0 aromatic carbocycles. The molecule has 0 spiro atoms. The number of hydrogen-bond acceptors (Lipinski definition) is 5. The van der Waals surface area contributed by atoms with Crippen LogP contribution in [0.25, 0.3) is 11.5 Å². The molecule has 2 aromatic heterocycles. The van der Waals surface area contributed by atoms with Crippen LogP contribution in [0.15, 0.2) is 12.5 Å². The molecule has 0 fully saturated rings. The summed E-state index contributed by atoms with van der Waals surface area (Å²) >= 11 is 0. The number of imidazole rings is 1. The third-order valence-electron chi connectivity index (χ3n) is 3.51. The Hall–Kier alpha value is -1.95. The normalized spacial score (nSPS) is 14.4. The first kappa shape index (κ1) is 13.1. The highest BCUT2D eigenvalue weighted by Gasteiger charge is 2.20. The van der Waals surface area contributed by atoms with Gasteiger partial charge in [-0.05, 0) is 13.8 Å². The highest BCUT2D eigenvalue weighted by molar-refractivity contribution is 5.57. The van der Waals surface area contributed by atoms with Crippen LogP contribution in [0, 0.1) is 0 Å². The predicted octanol–water partition coefficient (Wildman–Crippen LogP) is 2.04. The topological polar surface area (TPSA) is 64.9 Å². The van der Waals surface area contributed by atoms with Crippen LogP contribution in [-0.2, 0) is 17.8 Å². The van der Waals surface area contributed by atoms with Crippen molar-refractivity contribution in [3.8, 4) is 11.5 Å². The van der Waals surface area contributed by atoms with E-state index in [0.717, 1.165) is 41.6 Å². The van der Waals surface area contributed by atoms with Crippen LogP contribution < -0.4 is 5.32 Å². The summed E-state index contributed by atoms with van der Waals surface area (Å²) in [5.41, 5.74) is 3.09. The second-order valence-corrected chi connectivity index (χ2v) is 5.15. The Labute approximate surface area is 118 Å². The number of nitrogens with one attached hydrogen (secondary N) is 1. The van der Waals surface area contributed by atoms with Crippen molar-refractivity contribution in [1.29, 1.82) is 0 Å². The van der Waals surface area contributed by atoms with Crippen molar-refractivity contribution in [2.24, 2.45) is 0 Å². The summed E-state index contributed by atoms with van der Waals surface area (Å²) in [5, 5.41) is 3.15. The molecule has 20 heavy (non-hydrogen) atoms. The summed E-state index contributed by atoms with van der Waals surface area (Å²) in [6.45, 7) is 5.54. The maximum atomic E-state index is 5.49. The fraction of sp³-hybridized carbons (Fsp3) is 0.500. The van der Waals surface area contributed by atoms with E-state index in [1.165, 1.54) is 0 Å². The summed E-state index contributed by atoms with van der Waals surface area (Å²) in [6, 6.07) is 0.327. The Morgan fingerprint density at radius 2 is 2.20 bits per heavy atom. The lowest BCUT2D eigenvalue weighted by atomic mass is 10.1. The van der Waals surface area contributed by atoms with Crippen LogP contribution in [0.1, 0.15) is 31.1 Å². The fourth-order valence-electron chi connectivity index (χ4n) is 2.44. The second kappa shape index (κ2) is 5.20. The number of rotatable bonds is 3. The highest BCUT2D eigenvalue weighted by atomic mass is 16.5. The lowest BCUT2D eigenvalue weighted by Gasteiger charge is -2.20. The minimum atomic E-state index is 0.327. The Kier molecular flexibility index (Phi) is 3.40. The van der Waals surface area contributed by atoms with Crippen molar-refractivity contribution >= 4 is 5.82 Å². The highest BCUT2D eigenvalue weighted by Crippen LogP contribution is 2.26. The molecular weight excluding hydrogens is 254 g/mol. The number of hydrogen-bond donors (Lipinski definition) is 1. The number of fused-ring (bicyclic) bond motifs is 1. The molecule has 1 aliphatic rings. The van der Waals surface area contributed by atoms with Gasteiger partial charge in [0.1, 0.15) is 11.5 Å². The third kappa shape index (κ3) is 2.16. The lowest BCUT2D eigenvalue weighted by molar-refractivity contribution is 0.109. The average molecular weight is 273 g/mol. The third-order valence-corrected chi connectivity index (χ3v) is 3.51. The monoisotopic (exact) mass is 273 g/mol. The maximum Gasteiger partial charge on any atom is 0.180 e. The molecule has 1 aliphatic heterocycles. The number of ether oxygens (including phenoxy) is 1. The molecule has 0 amide bonds. The van der Waals surface area contributed by atoms with E-state index in [9.17, 15) is 0 Å². The van der Waals surface area contributed by atoms with E-state index in [2.05, 4.69) is 33.7 Å². The lowest BCUT2D eigenvalue weighted by Crippen LogP contribution is -2.16. The van der Waals surface area contributed by atoms with Crippen LogP contribution in [0.5, 0.6) is 0 Å². The summed E-state index contributed by atoms with van der Waals surface area (Å²) in [4.78, 5) is 13.6. The van der Waals surface area contributed by atoms with E-state index >= 15 is 0 Å². The summed E-state index contributed by atoms with van der Waals surface area (Å²) in [5.74, 6) is 1.57. The Morgan fingerprint density at radius 1 is 1.35 bits per heavy atom. The SMILES string of the molecule is CNc1nc(-c2cncn2C(C)C)nc2c1COCC2. The predicted molar refractivity (Wildman–Crippen MR) is 76.5 cm³/mol. The van der Waals surface area contributed by atoms with Crippen molar-refractivity contribution in [1.82, 2.24) is 19.5 Å². The van der Waals surface area contributed by atoms with Gasteiger partial charge in [-0.1, -0.05) is 0 Å². The van der Waals surface area contributed by atoms with Crippen molar-refractivity contribution < 1.29 is 4.74 Å². The van der Waals surface area contributed by atoms with Gasteiger partial charge in [-0.15, -0.1) is 0 Å². The summed E-state index contributed by atoms with van der Waals surface area (Å²) in [7, 11) is 1.88. The molecule has 6 nitrogen and oxygen atoms in total. The smallest absolute Gasteiger partial charge is 0.180 e. The zero-order chi connectivity index (χ0) is 14.1. The van der Waals surface area contributed by atoms with Crippen LogP contribution in [0.2, 0.25) is 0 Å². The Balaban J connectivity index is 2.12. The van der Waals surface area contributed by atoms with E-state index in [1.54, 1.807) is 0 Å². The second-order valence-electron chi connectivity index (χ2n) is 5.15. The minimum absolute atomic E-state index is 0.327. The first-order valence-corrected chi connectivity index (χ1v) is 6.88. The zero-order valence-electron chi connectivity index (χ0n) is 12.1. The molecule has 1 N–H and O–H groups in total. The van der Waals surface area contributed by atoms with E-state index in [0.29, 0.717) is 12.6 Å². The van der Waals surface area contributed by atoms with Crippen LogP contribution in [0.3, 0.4) is 0 Å². The fourth-order valence-corrected chi connectivity index (χ4v) is 2.44. The molecule has 0 saturated heterocycles. The number of anilines is 1. The quantitative estimate of drug-likeness (QED) is 0.927. The van der Waals surface area contributed by atoms with Gasteiger partial charge in [0.25, 0.3) is 0 Å². The molecule has 0 unspecified atom stereocenters. The molecular formula is C14H19N5O. The molecule has 0 saturated carbocycles. The van der Waals surface area contributed by atoms with Gasteiger partial charge in [0.05, 0.1) is 31.4 Å². The Morgan fingerprint density at radius 3 is 2.95 bits per heavy atom. The molecule has 106 valence electrons. The van der Waals surface area contributed by atoms with Crippen molar-refractivity contribution in [3.63, 3.8) is 0 Å². The van der Waals surface area contributed by atoms with Gasteiger partial charge in [-0.2, -0.15) is 0 Å². The number of aromatic nitrogens is 4. The van der Waals surface area contributed by atoms with E-state index in [1.807, 2.05) is 19.6 Å². The van der Waals surface area contributed by atoms with E-state index in [-0.39, 0.29) is 0 Å². The molecule has 0 aliphatic carbocycles. The van der Waals surface area contributed by atoms with Crippen molar-refractivity contribution in [2.45, 2.75) is 32.9 Å². The van der Waals surface area contributed by atoms with Crippen LogP contribution >= 0.6 is 0 Å². The molecule has 0 atom stereocenters. The van der Waals surface area contributed by atoms with E-state index in [4.69, 9.17) is 9.72 Å². The van der Waals surface area contributed by atoms with Crippen molar-refractivity contribution in [2.75, 3.05) is 19.0 Å². The zero-order valence-corrected chi connectivity index (χ0v) is 12.1. The molecule has 2 aromatic rings.